The molecular weight excluding hydrogens is 332 g/mol. The SMILES string of the molecule is Cc1cccc([C@H]2S[C@@H](C)C(=O)N2CCN(C(=O)C2CC2)C(C)C)c1. The number of amides is 2. The second kappa shape index (κ2) is 7.40. The molecule has 1 heterocycles. The Kier molecular flexibility index (Phi) is 5.42. The van der Waals surface area contributed by atoms with Crippen LogP contribution in [0.1, 0.15) is 50.1 Å². The summed E-state index contributed by atoms with van der Waals surface area (Å²) in [6.07, 6.45) is 2.03. The molecule has 0 N–H and O–H groups in total. The molecule has 0 spiro atoms. The molecule has 3 rings (SSSR count). The largest absolute Gasteiger partial charge is 0.338 e. The summed E-state index contributed by atoms with van der Waals surface area (Å²) in [4.78, 5) is 29.1. The van der Waals surface area contributed by atoms with Gasteiger partial charge >= 0.3 is 0 Å². The van der Waals surface area contributed by atoms with E-state index in [1.165, 1.54) is 11.1 Å². The molecule has 0 unspecified atom stereocenters. The number of carbonyl (C=O) groups is 2. The summed E-state index contributed by atoms with van der Waals surface area (Å²) in [5, 5.41) is 0.0181. The fourth-order valence-corrected chi connectivity index (χ4v) is 4.69. The third-order valence-electron chi connectivity index (χ3n) is 4.99. The van der Waals surface area contributed by atoms with Gasteiger partial charge in [0.15, 0.2) is 0 Å². The van der Waals surface area contributed by atoms with Gasteiger partial charge in [-0.25, -0.2) is 0 Å². The minimum Gasteiger partial charge on any atom is -0.338 e. The lowest BCUT2D eigenvalue weighted by Crippen LogP contribution is -2.44. The van der Waals surface area contributed by atoms with Crippen LogP contribution in [-0.4, -0.2) is 46.0 Å². The number of carbonyl (C=O) groups excluding carboxylic acids is 2. The second-order valence-electron chi connectivity index (χ2n) is 7.48. The van der Waals surface area contributed by atoms with Crippen LogP contribution in [0.4, 0.5) is 0 Å². The van der Waals surface area contributed by atoms with Crippen molar-refractivity contribution in [2.45, 2.75) is 57.2 Å². The van der Waals surface area contributed by atoms with Crippen molar-refractivity contribution < 1.29 is 9.59 Å². The first-order chi connectivity index (χ1) is 11.9. The standard InChI is InChI=1S/C20H28N2O2S/c1-13(2)21(19(24)16-8-9-16)10-11-22-18(23)15(4)25-20(22)17-7-5-6-14(3)12-17/h5-7,12-13,15-16,20H,8-11H2,1-4H3/t15-,20+/m0/s1. The molecule has 2 aliphatic rings. The minimum atomic E-state index is -0.0304. The second-order valence-corrected chi connectivity index (χ2v) is 8.90. The van der Waals surface area contributed by atoms with Gasteiger partial charge in [0.25, 0.3) is 0 Å². The van der Waals surface area contributed by atoms with Crippen LogP contribution in [0.15, 0.2) is 24.3 Å². The minimum absolute atomic E-state index is 0.0304. The van der Waals surface area contributed by atoms with Gasteiger partial charge in [-0.15, -0.1) is 11.8 Å². The molecule has 2 amide bonds. The van der Waals surface area contributed by atoms with Crippen LogP contribution in [0.25, 0.3) is 0 Å². The summed E-state index contributed by atoms with van der Waals surface area (Å²) in [6.45, 7) is 9.39. The monoisotopic (exact) mass is 360 g/mol. The van der Waals surface area contributed by atoms with E-state index in [9.17, 15) is 9.59 Å². The lowest BCUT2D eigenvalue weighted by molar-refractivity contribution is -0.136. The van der Waals surface area contributed by atoms with Gasteiger partial charge in [-0.3, -0.25) is 9.59 Å². The van der Waals surface area contributed by atoms with E-state index in [0.717, 1.165) is 12.8 Å². The zero-order valence-electron chi connectivity index (χ0n) is 15.6. The van der Waals surface area contributed by atoms with Crippen molar-refractivity contribution in [1.29, 1.82) is 0 Å². The summed E-state index contributed by atoms with van der Waals surface area (Å²) < 4.78 is 0. The normalized spacial score (nSPS) is 23.4. The Morgan fingerprint density at radius 2 is 2.08 bits per heavy atom. The highest BCUT2D eigenvalue weighted by molar-refractivity contribution is 8.01. The van der Waals surface area contributed by atoms with Gasteiger partial charge in [-0.1, -0.05) is 29.8 Å². The maximum atomic E-state index is 12.7. The van der Waals surface area contributed by atoms with E-state index in [1.807, 2.05) is 22.8 Å². The Labute approximate surface area is 154 Å². The van der Waals surface area contributed by atoms with Crippen LogP contribution in [0, 0.1) is 12.8 Å². The van der Waals surface area contributed by atoms with Crippen LogP contribution < -0.4 is 0 Å². The fraction of sp³-hybridized carbons (Fsp3) is 0.600. The molecule has 1 saturated heterocycles. The molecule has 5 heteroatoms. The van der Waals surface area contributed by atoms with Crippen LogP contribution in [0.3, 0.4) is 0 Å². The molecule has 2 atom stereocenters. The van der Waals surface area contributed by atoms with Crippen LogP contribution in [0.5, 0.6) is 0 Å². The maximum Gasteiger partial charge on any atom is 0.236 e. The molecule has 1 saturated carbocycles. The number of nitrogens with zero attached hydrogens (tertiary/aromatic N) is 2. The average Bonchev–Trinajstić information content (AvgIpc) is 3.36. The number of hydrogen-bond donors (Lipinski definition) is 0. The molecule has 0 bridgehead atoms. The molecule has 1 aromatic carbocycles. The predicted octanol–water partition coefficient (Wildman–Crippen LogP) is 3.60. The molecular formula is C20H28N2O2S. The Hall–Kier alpha value is -1.49. The van der Waals surface area contributed by atoms with E-state index in [-0.39, 0.29) is 34.4 Å². The molecule has 1 aliphatic carbocycles. The summed E-state index contributed by atoms with van der Waals surface area (Å²) in [5.74, 6) is 0.658. The Balaban J connectivity index is 1.73. The van der Waals surface area contributed by atoms with Crippen molar-refractivity contribution in [2.24, 2.45) is 5.92 Å². The fourth-order valence-electron chi connectivity index (χ4n) is 3.39. The smallest absolute Gasteiger partial charge is 0.236 e. The summed E-state index contributed by atoms with van der Waals surface area (Å²) in [6, 6.07) is 8.55. The van der Waals surface area contributed by atoms with Gasteiger partial charge in [-0.05, 0) is 46.1 Å². The lowest BCUT2D eigenvalue weighted by atomic mass is 10.1. The summed E-state index contributed by atoms with van der Waals surface area (Å²) in [5.41, 5.74) is 2.38. The summed E-state index contributed by atoms with van der Waals surface area (Å²) >= 11 is 1.70. The predicted molar refractivity (Wildman–Crippen MR) is 102 cm³/mol. The van der Waals surface area contributed by atoms with E-state index < -0.39 is 0 Å². The molecule has 2 fully saturated rings. The first-order valence-electron chi connectivity index (χ1n) is 9.21. The highest BCUT2D eigenvalue weighted by Gasteiger charge is 2.39. The lowest BCUT2D eigenvalue weighted by Gasteiger charge is -2.31. The zero-order chi connectivity index (χ0) is 18.1. The van der Waals surface area contributed by atoms with Gasteiger partial charge in [0.05, 0.1) is 5.25 Å². The van der Waals surface area contributed by atoms with Crippen molar-refractivity contribution in [3.05, 3.63) is 35.4 Å². The van der Waals surface area contributed by atoms with Crippen molar-refractivity contribution in [3.8, 4) is 0 Å². The first kappa shape index (κ1) is 18.3. The topological polar surface area (TPSA) is 40.6 Å². The Morgan fingerprint density at radius 1 is 1.36 bits per heavy atom. The quantitative estimate of drug-likeness (QED) is 0.778. The zero-order valence-corrected chi connectivity index (χ0v) is 16.4. The number of thioether (sulfide) groups is 1. The number of aryl methyl sites for hydroxylation is 1. The van der Waals surface area contributed by atoms with E-state index in [2.05, 4.69) is 39.0 Å². The highest BCUT2D eigenvalue weighted by Crippen LogP contribution is 2.43. The Morgan fingerprint density at radius 3 is 2.68 bits per heavy atom. The van der Waals surface area contributed by atoms with Gasteiger partial charge in [0.1, 0.15) is 5.37 Å². The molecule has 136 valence electrons. The van der Waals surface area contributed by atoms with Crippen molar-refractivity contribution in [2.75, 3.05) is 13.1 Å². The third-order valence-corrected chi connectivity index (χ3v) is 6.38. The van der Waals surface area contributed by atoms with E-state index in [0.29, 0.717) is 13.1 Å². The molecule has 0 aromatic heterocycles. The van der Waals surface area contributed by atoms with Gasteiger partial charge < -0.3 is 9.80 Å². The van der Waals surface area contributed by atoms with Crippen LogP contribution in [-0.2, 0) is 9.59 Å². The van der Waals surface area contributed by atoms with Crippen molar-refractivity contribution in [1.82, 2.24) is 9.80 Å². The van der Waals surface area contributed by atoms with E-state index in [4.69, 9.17) is 0 Å². The highest BCUT2D eigenvalue weighted by atomic mass is 32.2. The number of hydrogen-bond acceptors (Lipinski definition) is 3. The Bertz CT molecular complexity index is 657. The van der Waals surface area contributed by atoms with Crippen molar-refractivity contribution >= 4 is 23.6 Å². The maximum absolute atomic E-state index is 12.7. The van der Waals surface area contributed by atoms with Gasteiger partial charge in [0, 0.05) is 25.0 Å². The number of rotatable bonds is 6. The van der Waals surface area contributed by atoms with E-state index in [1.54, 1.807) is 11.8 Å². The molecule has 4 nitrogen and oxygen atoms in total. The molecule has 0 radical (unpaired) electrons. The third kappa shape index (κ3) is 4.02. The van der Waals surface area contributed by atoms with Gasteiger partial charge in [0.2, 0.25) is 11.8 Å². The van der Waals surface area contributed by atoms with E-state index >= 15 is 0 Å². The van der Waals surface area contributed by atoms with Crippen LogP contribution >= 0.6 is 11.8 Å². The summed E-state index contributed by atoms with van der Waals surface area (Å²) in [7, 11) is 0. The van der Waals surface area contributed by atoms with Gasteiger partial charge in [-0.2, -0.15) is 0 Å². The van der Waals surface area contributed by atoms with Crippen molar-refractivity contribution in [3.63, 3.8) is 0 Å². The molecule has 25 heavy (non-hydrogen) atoms. The average molecular weight is 361 g/mol. The van der Waals surface area contributed by atoms with Crippen LogP contribution in [0.2, 0.25) is 0 Å². The molecule has 1 aliphatic heterocycles. The first-order valence-corrected chi connectivity index (χ1v) is 10.2. The number of benzene rings is 1. The molecule has 1 aromatic rings.